The zero-order chi connectivity index (χ0) is 15.1. The van der Waals surface area contributed by atoms with Crippen molar-refractivity contribution in [1.29, 1.82) is 0 Å². The summed E-state index contributed by atoms with van der Waals surface area (Å²) in [6, 6.07) is -0.655. The van der Waals surface area contributed by atoms with Gasteiger partial charge in [-0.3, -0.25) is 9.36 Å². The first-order valence-corrected chi connectivity index (χ1v) is 7.93. The molecule has 112 valence electrons. The van der Waals surface area contributed by atoms with Gasteiger partial charge in [-0.25, -0.2) is 9.78 Å². The molecule has 3 rings (SSSR count). The van der Waals surface area contributed by atoms with Crippen LogP contribution in [-0.2, 0) is 22.4 Å². The standard InChI is InChI=1S/C15H18N2O3S/c1-8-4-5-10-11(6-8)21-13-12(10)14(18)17(7-16-13)9(2)15(19)20-3/h7-9H,4-6H2,1-3H3. The van der Waals surface area contributed by atoms with E-state index in [0.29, 0.717) is 11.3 Å². The maximum Gasteiger partial charge on any atom is 0.328 e. The number of hydrogen-bond acceptors (Lipinski definition) is 5. The summed E-state index contributed by atoms with van der Waals surface area (Å²) in [6.45, 7) is 3.89. The van der Waals surface area contributed by atoms with Crippen molar-refractivity contribution in [3.8, 4) is 0 Å². The fourth-order valence-corrected chi connectivity index (χ4v) is 4.25. The van der Waals surface area contributed by atoms with Gasteiger partial charge >= 0.3 is 5.97 Å². The molecule has 0 fully saturated rings. The van der Waals surface area contributed by atoms with Crippen molar-refractivity contribution in [2.24, 2.45) is 5.92 Å². The molecule has 0 radical (unpaired) electrons. The third kappa shape index (κ3) is 2.27. The average molecular weight is 306 g/mol. The zero-order valence-corrected chi connectivity index (χ0v) is 13.2. The van der Waals surface area contributed by atoms with Crippen molar-refractivity contribution in [2.45, 2.75) is 39.2 Å². The third-order valence-electron chi connectivity index (χ3n) is 4.20. The Morgan fingerprint density at radius 2 is 2.33 bits per heavy atom. The second kappa shape index (κ2) is 5.26. The zero-order valence-electron chi connectivity index (χ0n) is 12.4. The number of aromatic nitrogens is 2. The minimum absolute atomic E-state index is 0.134. The van der Waals surface area contributed by atoms with Crippen molar-refractivity contribution in [3.63, 3.8) is 0 Å². The molecule has 0 amide bonds. The number of thiophene rings is 1. The molecule has 2 aromatic rings. The number of carbonyl (C=O) groups is 1. The highest BCUT2D eigenvalue weighted by atomic mass is 32.1. The molecule has 2 aromatic heterocycles. The molecular weight excluding hydrogens is 288 g/mol. The first-order valence-electron chi connectivity index (χ1n) is 7.12. The second-order valence-electron chi connectivity index (χ2n) is 5.69. The van der Waals surface area contributed by atoms with Crippen LogP contribution in [0.3, 0.4) is 0 Å². The van der Waals surface area contributed by atoms with Gasteiger partial charge in [-0.05, 0) is 37.7 Å². The molecule has 2 atom stereocenters. The summed E-state index contributed by atoms with van der Waals surface area (Å²) in [7, 11) is 1.32. The Kier molecular flexibility index (Phi) is 3.57. The smallest absolute Gasteiger partial charge is 0.328 e. The molecule has 2 heterocycles. The normalized spacial score (nSPS) is 19.3. The molecule has 0 N–H and O–H groups in total. The number of carbonyl (C=O) groups excluding carboxylic acids is 1. The highest BCUT2D eigenvalue weighted by Gasteiger charge is 2.25. The minimum atomic E-state index is -0.655. The van der Waals surface area contributed by atoms with E-state index in [1.165, 1.54) is 22.9 Å². The van der Waals surface area contributed by atoms with E-state index in [2.05, 4.69) is 11.9 Å². The summed E-state index contributed by atoms with van der Waals surface area (Å²) in [4.78, 5) is 30.8. The Bertz CT molecular complexity index is 762. The first kappa shape index (κ1) is 14.3. The molecule has 0 spiro atoms. The molecule has 0 aliphatic heterocycles. The van der Waals surface area contributed by atoms with Gasteiger partial charge in [-0.2, -0.15) is 0 Å². The maximum absolute atomic E-state index is 12.7. The quantitative estimate of drug-likeness (QED) is 0.799. The number of nitrogens with zero attached hydrogens (tertiary/aromatic N) is 2. The van der Waals surface area contributed by atoms with Gasteiger partial charge in [-0.15, -0.1) is 11.3 Å². The monoisotopic (exact) mass is 306 g/mol. The first-order chi connectivity index (χ1) is 10.0. The number of fused-ring (bicyclic) bond motifs is 3. The molecule has 0 aromatic carbocycles. The van der Waals surface area contributed by atoms with Crippen LogP contribution in [0.4, 0.5) is 0 Å². The molecule has 5 nitrogen and oxygen atoms in total. The van der Waals surface area contributed by atoms with E-state index in [1.807, 2.05) is 0 Å². The number of ether oxygens (including phenoxy) is 1. The lowest BCUT2D eigenvalue weighted by atomic mass is 9.89. The van der Waals surface area contributed by atoms with E-state index < -0.39 is 12.0 Å². The summed E-state index contributed by atoms with van der Waals surface area (Å²) in [6.07, 6.45) is 4.49. The number of rotatable bonds is 2. The number of hydrogen-bond donors (Lipinski definition) is 0. The lowest BCUT2D eigenvalue weighted by Crippen LogP contribution is -2.29. The van der Waals surface area contributed by atoms with Crippen LogP contribution in [0.25, 0.3) is 10.2 Å². The predicted molar refractivity (Wildman–Crippen MR) is 81.8 cm³/mol. The summed E-state index contributed by atoms with van der Waals surface area (Å²) in [5.41, 5.74) is 1.00. The van der Waals surface area contributed by atoms with Crippen LogP contribution in [0.2, 0.25) is 0 Å². The topological polar surface area (TPSA) is 61.2 Å². The van der Waals surface area contributed by atoms with Crippen molar-refractivity contribution in [2.75, 3.05) is 7.11 Å². The van der Waals surface area contributed by atoms with E-state index in [4.69, 9.17) is 4.74 Å². The van der Waals surface area contributed by atoms with Crippen LogP contribution < -0.4 is 5.56 Å². The SMILES string of the molecule is COC(=O)C(C)n1cnc2sc3c(c2c1=O)CCC(C)C3. The van der Waals surface area contributed by atoms with Crippen molar-refractivity contribution in [3.05, 3.63) is 27.1 Å². The molecule has 1 aliphatic rings. The molecule has 0 bridgehead atoms. The number of esters is 1. The number of methoxy groups -OCH3 is 1. The van der Waals surface area contributed by atoms with Gasteiger partial charge in [-0.1, -0.05) is 6.92 Å². The van der Waals surface area contributed by atoms with Crippen molar-refractivity contribution in [1.82, 2.24) is 9.55 Å². The van der Waals surface area contributed by atoms with Crippen LogP contribution in [0.15, 0.2) is 11.1 Å². The Hall–Kier alpha value is -1.69. The molecule has 0 saturated heterocycles. The molecular formula is C15H18N2O3S. The Morgan fingerprint density at radius 1 is 1.57 bits per heavy atom. The van der Waals surface area contributed by atoms with Gasteiger partial charge in [0.05, 0.1) is 18.8 Å². The van der Waals surface area contributed by atoms with Crippen LogP contribution in [-0.4, -0.2) is 22.6 Å². The van der Waals surface area contributed by atoms with Gasteiger partial charge in [0.15, 0.2) is 0 Å². The number of aryl methyl sites for hydroxylation is 1. The van der Waals surface area contributed by atoms with Crippen LogP contribution >= 0.6 is 11.3 Å². The molecule has 2 unspecified atom stereocenters. The Balaban J connectivity index is 2.17. The van der Waals surface area contributed by atoms with Crippen molar-refractivity contribution < 1.29 is 9.53 Å². The fraction of sp³-hybridized carbons (Fsp3) is 0.533. The van der Waals surface area contributed by atoms with Gasteiger partial charge in [0.2, 0.25) is 0 Å². The molecule has 6 heteroatoms. The fourth-order valence-electron chi connectivity index (χ4n) is 2.90. The van der Waals surface area contributed by atoms with Crippen LogP contribution in [0.5, 0.6) is 0 Å². The lowest BCUT2D eigenvalue weighted by molar-refractivity contribution is -0.144. The van der Waals surface area contributed by atoms with Gasteiger partial charge in [0.1, 0.15) is 10.9 Å². The van der Waals surface area contributed by atoms with E-state index in [1.54, 1.807) is 18.3 Å². The van der Waals surface area contributed by atoms with Gasteiger partial charge in [0, 0.05) is 4.88 Å². The Morgan fingerprint density at radius 3 is 3.05 bits per heavy atom. The van der Waals surface area contributed by atoms with Crippen molar-refractivity contribution >= 4 is 27.5 Å². The highest BCUT2D eigenvalue weighted by molar-refractivity contribution is 7.18. The van der Waals surface area contributed by atoms with E-state index in [0.717, 1.165) is 29.7 Å². The van der Waals surface area contributed by atoms with E-state index >= 15 is 0 Å². The van der Waals surface area contributed by atoms with Gasteiger partial charge in [0.25, 0.3) is 5.56 Å². The molecule has 0 saturated carbocycles. The average Bonchev–Trinajstić information content (AvgIpc) is 2.84. The molecule has 1 aliphatic carbocycles. The summed E-state index contributed by atoms with van der Waals surface area (Å²) < 4.78 is 6.09. The van der Waals surface area contributed by atoms with Crippen LogP contribution in [0, 0.1) is 5.92 Å². The minimum Gasteiger partial charge on any atom is -0.467 e. The largest absolute Gasteiger partial charge is 0.467 e. The summed E-state index contributed by atoms with van der Waals surface area (Å²) in [5, 5.41) is 0.695. The Labute approximate surface area is 126 Å². The molecule has 21 heavy (non-hydrogen) atoms. The summed E-state index contributed by atoms with van der Waals surface area (Å²) in [5.74, 6) is 0.220. The summed E-state index contributed by atoms with van der Waals surface area (Å²) >= 11 is 1.61. The van der Waals surface area contributed by atoms with E-state index in [-0.39, 0.29) is 5.56 Å². The maximum atomic E-state index is 12.7. The van der Waals surface area contributed by atoms with Gasteiger partial charge < -0.3 is 4.74 Å². The lowest BCUT2D eigenvalue weighted by Gasteiger charge is -2.17. The van der Waals surface area contributed by atoms with E-state index in [9.17, 15) is 9.59 Å². The third-order valence-corrected chi connectivity index (χ3v) is 5.36. The predicted octanol–water partition coefficient (Wildman–Crippen LogP) is 2.32. The van der Waals surface area contributed by atoms with Crippen LogP contribution in [0.1, 0.15) is 36.8 Å². The second-order valence-corrected chi connectivity index (χ2v) is 6.77. The highest BCUT2D eigenvalue weighted by Crippen LogP contribution is 2.35.